The fraction of sp³-hybridized carbons (Fsp3) is 0.368. The van der Waals surface area contributed by atoms with Gasteiger partial charge in [-0.3, -0.25) is 4.18 Å². The van der Waals surface area contributed by atoms with Crippen LogP contribution < -0.4 is 0 Å². The number of benzene rings is 2. The normalized spacial score (nSPS) is 24.5. The van der Waals surface area contributed by atoms with E-state index >= 15 is 0 Å². The molecule has 0 aliphatic carbocycles. The highest BCUT2D eigenvalue weighted by Crippen LogP contribution is 2.41. The van der Waals surface area contributed by atoms with Gasteiger partial charge in [-0.2, -0.15) is 8.42 Å². The number of likely N-dealkylation sites (tertiary alicyclic amines) is 1. The number of likely N-dealkylation sites (N-methyl/N-ethyl adjacent to an activating group) is 1. The van der Waals surface area contributed by atoms with Crippen LogP contribution in [0.25, 0.3) is 0 Å². The fourth-order valence-electron chi connectivity index (χ4n) is 3.82. The Kier molecular flexibility index (Phi) is 5.21. The fourth-order valence-corrected chi connectivity index (χ4v) is 4.56. The number of hydrogen-bond acceptors (Lipinski definition) is 3. The van der Waals surface area contributed by atoms with E-state index < -0.39 is 10.1 Å². The summed E-state index contributed by atoms with van der Waals surface area (Å²) in [6.45, 7) is 4.38. The predicted octanol–water partition coefficient (Wildman–Crippen LogP) is 3.62. The van der Waals surface area contributed by atoms with Gasteiger partial charge in [0.15, 0.2) is 6.10 Å². The van der Waals surface area contributed by atoms with Crippen LogP contribution in [0.1, 0.15) is 24.1 Å². The summed E-state index contributed by atoms with van der Waals surface area (Å²) in [5.41, 5.74) is 2.39. The molecule has 2 aromatic rings. The third kappa shape index (κ3) is 4.06. The van der Waals surface area contributed by atoms with Crippen molar-refractivity contribution in [1.29, 1.82) is 0 Å². The van der Waals surface area contributed by atoms with Gasteiger partial charge in [-0.25, -0.2) is 0 Å². The molecule has 2 aromatic carbocycles. The smallest absolute Gasteiger partial charge is 0.265 e. The summed E-state index contributed by atoms with van der Waals surface area (Å²) in [5, 5.41) is 0.709. The first-order valence-corrected chi connectivity index (χ1v) is 10.6. The maximum atomic E-state index is 11.4. The molecule has 0 N–H and O–H groups in total. The lowest BCUT2D eigenvalue weighted by Gasteiger charge is -2.53. The molecule has 0 saturated carbocycles. The quantitative estimate of drug-likeness (QED) is 0.567. The minimum Gasteiger partial charge on any atom is -0.309 e. The van der Waals surface area contributed by atoms with E-state index in [2.05, 4.69) is 31.2 Å². The van der Waals surface area contributed by atoms with Crippen LogP contribution in [0.2, 0.25) is 5.02 Å². The van der Waals surface area contributed by atoms with Crippen molar-refractivity contribution in [3.63, 3.8) is 0 Å². The van der Waals surface area contributed by atoms with Gasteiger partial charge in [0.2, 0.25) is 0 Å². The topological polar surface area (TPSA) is 43.4 Å². The Bertz CT molecular complexity index is 816. The van der Waals surface area contributed by atoms with E-state index in [1.807, 2.05) is 30.3 Å². The molecule has 1 aliphatic heterocycles. The Morgan fingerprint density at radius 1 is 1.08 bits per heavy atom. The van der Waals surface area contributed by atoms with Crippen LogP contribution in [0.3, 0.4) is 0 Å². The van der Waals surface area contributed by atoms with Gasteiger partial charge in [0.05, 0.1) is 12.8 Å². The summed E-state index contributed by atoms with van der Waals surface area (Å²) >= 11 is 6.06. The molecule has 0 bridgehead atoms. The molecule has 1 atom stereocenters. The second-order valence-electron chi connectivity index (χ2n) is 6.69. The molecule has 1 aliphatic rings. The van der Waals surface area contributed by atoms with Crippen LogP contribution >= 0.6 is 11.6 Å². The molecule has 3 rings (SSSR count). The van der Waals surface area contributed by atoms with Crippen LogP contribution in [0.4, 0.5) is 0 Å². The highest BCUT2D eigenvalue weighted by Gasteiger charge is 2.51. The van der Waals surface area contributed by atoms with Gasteiger partial charge in [-0.1, -0.05) is 54.1 Å². The zero-order valence-corrected chi connectivity index (χ0v) is 16.0. The van der Waals surface area contributed by atoms with E-state index in [-0.39, 0.29) is 12.1 Å². The van der Waals surface area contributed by atoms with Crippen LogP contribution in [-0.2, 0) is 14.3 Å². The van der Waals surface area contributed by atoms with Crippen molar-refractivity contribution in [3.05, 3.63) is 70.7 Å². The van der Waals surface area contributed by atoms with Crippen LogP contribution in [0, 0.1) is 0 Å². The molecule has 1 saturated heterocycles. The molecule has 0 aromatic heterocycles. The van der Waals surface area contributed by atoms with Gasteiger partial charge in [-0.05, 0) is 19.1 Å². The first-order chi connectivity index (χ1) is 11.8. The predicted molar refractivity (Wildman–Crippen MR) is 100.0 cm³/mol. The zero-order valence-electron chi connectivity index (χ0n) is 14.4. The SMILES string of the molecule is CC[N+]1(C(c2ccccc2)c2ccc(Cl)cc2)CC(OS(C)(=O)=O)C1. The standard InChI is InChI=1S/C19H23ClNO3S/c1-3-21(13-18(14-21)24-25(2,22)23)19(15-7-5-4-6-8-15)16-9-11-17(20)12-10-16/h4-12,18-19H,3,13-14H2,1-2H3/q+1. The van der Waals surface area contributed by atoms with Crippen molar-refractivity contribution in [2.45, 2.75) is 19.1 Å². The lowest BCUT2D eigenvalue weighted by molar-refractivity contribution is -0.991. The Balaban J connectivity index is 1.95. The molecule has 1 heterocycles. The van der Waals surface area contributed by atoms with Crippen molar-refractivity contribution in [2.75, 3.05) is 25.9 Å². The van der Waals surface area contributed by atoms with Crippen LogP contribution in [-0.4, -0.2) is 44.9 Å². The number of hydrogen-bond donors (Lipinski definition) is 0. The molecule has 25 heavy (non-hydrogen) atoms. The summed E-state index contributed by atoms with van der Waals surface area (Å²) in [6.07, 6.45) is 0.855. The highest BCUT2D eigenvalue weighted by atomic mass is 35.5. The molecular weight excluding hydrogens is 358 g/mol. The number of quaternary nitrogens is 1. The van der Waals surface area contributed by atoms with E-state index in [4.69, 9.17) is 15.8 Å². The van der Waals surface area contributed by atoms with E-state index in [1.165, 1.54) is 11.1 Å². The second kappa shape index (κ2) is 7.08. The average Bonchev–Trinajstić information content (AvgIpc) is 2.54. The summed E-state index contributed by atoms with van der Waals surface area (Å²) < 4.78 is 28.9. The number of rotatable bonds is 6. The highest BCUT2D eigenvalue weighted by molar-refractivity contribution is 7.86. The van der Waals surface area contributed by atoms with Crippen molar-refractivity contribution in [2.24, 2.45) is 0 Å². The largest absolute Gasteiger partial charge is 0.309 e. The molecule has 1 fully saturated rings. The third-order valence-electron chi connectivity index (χ3n) is 4.92. The summed E-state index contributed by atoms with van der Waals surface area (Å²) in [5.74, 6) is 0. The maximum Gasteiger partial charge on any atom is 0.265 e. The van der Waals surface area contributed by atoms with Gasteiger partial charge >= 0.3 is 0 Å². The van der Waals surface area contributed by atoms with Gasteiger partial charge in [-0.15, -0.1) is 0 Å². The monoisotopic (exact) mass is 380 g/mol. The van der Waals surface area contributed by atoms with Gasteiger partial charge < -0.3 is 4.48 Å². The summed E-state index contributed by atoms with van der Waals surface area (Å²) in [4.78, 5) is 0. The van der Waals surface area contributed by atoms with E-state index in [9.17, 15) is 8.42 Å². The lowest BCUT2D eigenvalue weighted by Crippen LogP contribution is -2.68. The van der Waals surface area contributed by atoms with Crippen molar-refractivity contribution >= 4 is 21.7 Å². The molecule has 0 amide bonds. The molecular formula is C19H23ClNO3S+. The molecule has 0 spiro atoms. The number of nitrogens with zero attached hydrogens (tertiary/aromatic N) is 1. The van der Waals surface area contributed by atoms with E-state index in [1.54, 1.807) is 0 Å². The molecule has 0 radical (unpaired) electrons. The first-order valence-electron chi connectivity index (χ1n) is 8.37. The van der Waals surface area contributed by atoms with Crippen LogP contribution in [0.15, 0.2) is 54.6 Å². The van der Waals surface area contributed by atoms with E-state index in [0.717, 1.165) is 17.3 Å². The van der Waals surface area contributed by atoms with Crippen molar-refractivity contribution < 1.29 is 17.1 Å². The van der Waals surface area contributed by atoms with Gasteiger partial charge in [0, 0.05) is 16.1 Å². The van der Waals surface area contributed by atoms with Crippen molar-refractivity contribution in [1.82, 2.24) is 0 Å². The third-order valence-corrected chi connectivity index (χ3v) is 5.80. The average molecular weight is 381 g/mol. The Morgan fingerprint density at radius 2 is 1.64 bits per heavy atom. The van der Waals surface area contributed by atoms with Gasteiger partial charge in [0.1, 0.15) is 19.1 Å². The first kappa shape index (κ1) is 18.4. The minimum atomic E-state index is -3.43. The number of halogens is 1. The zero-order chi connectivity index (χ0) is 18.1. The molecule has 134 valence electrons. The molecule has 4 nitrogen and oxygen atoms in total. The van der Waals surface area contributed by atoms with Crippen LogP contribution in [0.5, 0.6) is 0 Å². The minimum absolute atomic E-state index is 0.128. The van der Waals surface area contributed by atoms with E-state index in [0.29, 0.717) is 18.1 Å². The van der Waals surface area contributed by atoms with Crippen molar-refractivity contribution in [3.8, 4) is 0 Å². The summed E-state index contributed by atoms with van der Waals surface area (Å²) in [6, 6.07) is 18.4. The second-order valence-corrected chi connectivity index (χ2v) is 8.72. The molecule has 1 unspecified atom stereocenters. The lowest BCUT2D eigenvalue weighted by atomic mass is 9.90. The Hall–Kier alpha value is -1.40. The summed E-state index contributed by atoms with van der Waals surface area (Å²) in [7, 11) is -3.43. The Morgan fingerprint density at radius 3 is 2.16 bits per heavy atom. The molecule has 6 heteroatoms. The maximum absolute atomic E-state index is 11.4. The van der Waals surface area contributed by atoms with Gasteiger partial charge in [0.25, 0.3) is 10.1 Å². The Labute approximate surface area is 154 Å².